The van der Waals surface area contributed by atoms with Crippen LogP contribution in [0.2, 0.25) is 0 Å². The van der Waals surface area contributed by atoms with Crippen molar-refractivity contribution in [2.24, 2.45) is 5.41 Å². The van der Waals surface area contributed by atoms with Crippen molar-refractivity contribution in [2.75, 3.05) is 0 Å². The van der Waals surface area contributed by atoms with Gasteiger partial charge in [-0.1, -0.05) is 26.0 Å². The third-order valence-electron chi connectivity index (χ3n) is 3.68. The van der Waals surface area contributed by atoms with E-state index in [4.69, 9.17) is 4.98 Å². The van der Waals surface area contributed by atoms with E-state index in [0.717, 1.165) is 22.8 Å². The van der Waals surface area contributed by atoms with Gasteiger partial charge in [-0.25, -0.2) is 0 Å². The largest absolute Gasteiger partial charge is 0.251 e. The van der Waals surface area contributed by atoms with Gasteiger partial charge in [0.2, 0.25) is 0 Å². The Bertz CT molecular complexity index is 587. The number of fused-ring (bicyclic) bond motifs is 2. The zero-order valence-corrected chi connectivity index (χ0v) is 11.8. The number of aryl methyl sites for hydroxylation is 1. The van der Waals surface area contributed by atoms with Crippen LogP contribution in [0.15, 0.2) is 28.7 Å². The maximum atomic E-state index is 4.86. The molecule has 2 heteroatoms. The molecule has 0 N–H and O–H groups in total. The van der Waals surface area contributed by atoms with Crippen LogP contribution in [0.4, 0.5) is 0 Å². The van der Waals surface area contributed by atoms with Crippen LogP contribution in [0, 0.1) is 5.41 Å². The van der Waals surface area contributed by atoms with Crippen molar-refractivity contribution < 1.29 is 0 Å². The van der Waals surface area contributed by atoms with Crippen molar-refractivity contribution in [3.63, 3.8) is 0 Å². The van der Waals surface area contributed by atoms with Crippen LogP contribution in [0.25, 0.3) is 10.9 Å². The van der Waals surface area contributed by atoms with Gasteiger partial charge in [0.05, 0.1) is 5.52 Å². The summed E-state index contributed by atoms with van der Waals surface area (Å²) >= 11 is 3.59. The van der Waals surface area contributed by atoms with E-state index in [2.05, 4.69) is 54.0 Å². The van der Waals surface area contributed by atoms with Crippen LogP contribution in [-0.2, 0) is 12.8 Å². The third kappa shape index (κ3) is 1.99. The topological polar surface area (TPSA) is 12.9 Å². The first kappa shape index (κ1) is 11.2. The zero-order chi connectivity index (χ0) is 12.0. The molecule has 3 rings (SSSR count). The summed E-state index contributed by atoms with van der Waals surface area (Å²) in [5.41, 5.74) is 4.23. The predicted molar refractivity (Wildman–Crippen MR) is 75.2 cm³/mol. The van der Waals surface area contributed by atoms with Gasteiger partial charge in [0.25, 0.3) is 0 Å². The zero-order valence-electron chi connectivity index (χ0n) is 10.3. The number of para-hydroxylation sites is 1. The Morgan fingerprint density at radius 3 is 2.94 bits per heavy atom. The average molecular weight is 290 g/mol. The molecule has 0 amide bonds. The first-order valence-electron chi connectivity index (χ1n) is 6.12. The van der Waals surface area contributed by atoms with Crippen LogP contribution in [-0.4, -0.2) is 4.98 Å². The summed E-state index contributed by atoms with van der Waals surface area (Å²) in [5.74, 6) is 0. The van der Waals surface area contributed by atoms with Crippen LogP contribution in [0.1, 0.15) is 31.5 Å². The number of pyridine rings is 1. The van der Waals surface area contributed by atoms with E-state index in [0.29, 0.717) is 5.41 Å². The number of nitrogens with zero attached hydrogens (tertiary/aromatic N) is 1. The fraction of sp³-hybridized carbons (Fsp3) is 0.400. The summed E-state index contributed by atoms with van der Waals surface area (Å²) < 4.78 is 1.10. The lowest BCUT2D eigenvalue weighted by Crippen LogP contribution is -2.23. The van der Waals surface area contributed by atoms with Gasteiger partial charge in [-0.05, 0) is 58.3 Å². The van der Waals surface area contributed by atoms with Crippen molar-refractivity contribution in [3.8, 4) is 0 Å². The molecule has 1 aliphatic rings. The number of hydrogen-bond acceptors (Lipinski definition) is 1. The minimum atomic E-state index is 0.398. The van der Waals surface area contributed by atoms with Crippen molar-refractivity contribution in [3.05, 3.63) is 40.0 Å². The highest BCUT2D eigenvalue weighted by Crippen LogP contribution is 2.35. The molecule has 0 radical (unpaired) electrons. The SMILES string of the molecule is CC1(C)CCc2cc3cccc(Br)c3nc2C1. The van der Waals surface area contributed by atoms with Gasteiger partial charge in [0, 0.05) is 15.6 Å². The molecular formula is C15H16BrN. The highest BCUT2D eigenvalue weighted by molar-refractivity contribution is 9.10. The summed E-state index contributed by atoms with van der Waals surface area (Å²) in [6, 6.07) is 8.60. The number of halogens is 1. The van der Waals surface area contributed by atoms with Crippen LogP contribution >= 0.6 is 15.9 Å². The van der Waals surface area contributed by atoms with Crippen molar-refractivity contribution in [2.45, 2.75) is 33.1 Å². The Labute approximate surface area is 110 Å². The molecule has 2 aromatic rings. The summed E-state index contributed by atoms with van der Waals surface area (Å²) in [7, 11) is 0. The van der Waals surface area contributed by atoms with Gasteiger partial charge in [-0.15, -0.1) is 0 Å². The molecule has 0 bridgehead atoms. The number of rotatable bonds is 0. The molecule has 88 valence electrons. The van der Waals surface area contributed by atoms with E-state index in [9.17, 15) is 0 Å². The summed E-state index contributed by atoms with van der Waals surface area (Å²) in [5, 5.41) is 1.25. The predicted octanol–water partition coefficient (Wildman–Crippen LogP) is 4.51. The van der Waals surface area contributed by atoms with Crippen molar-refractivity contribution >= 4 is 26.8 Å². The first-order valence-corrected chi connectivity index (χ1v) is 6.91. The maximum Gasteiger partial charge on any atom is 0.0847 e. The number of hydrogen-bond donors (Lipinski definition) is 0. The highest BCUT2D eigenvalue weighted by atomic mass is 79.9. The van der Waals surface area contributed by atoms with E-state index in [-0.39, 0.29) is 0 Å². The fourth-order valence-electron chi connectivity index (χ4n) is 2.63. The lowest BCUT2D eigenvalue weighted by Gasteiger charge is -2.30. The Hall–Kier alpha value is -0.890. The molecule has 0 atom stereocenters. The monoisotopic (exact) mass is 289 g/mol. The van der Waals surface area contributed by atoms with Gasteiger partial charge in [0.1, 0.15) is 0 Å². The molecule has 1 aliphatic carbocycles. The van der Waals surface area contributed by atoms with E-state index in [1.807, 2.05) is 0 Å². The van der Waals surface area contributed by atoms with Crippen molar-refractivity contribution in [1.82, 2.24) is 4.98 Å². The first-order chi connectivity index (χ1) is 8.05. The summed E-state index contributed by atoms with van der Waals surface area (Å²) in [6.45, 7) is 4.67. The quantitative estimate of drug-likeness (QED) is 0.695. The molecule has 1 aromatic heterocycles. The highest BCUT2D eigenvalue weighted by Gasteiger charge is 2.26. The van der Waals surface area contributed by atoms with Crippen LogP contribution < -0.4 is 0 Å². The van der Waals surface area contributed by atoms with Gasteiger partial charge in [0.15, 0.2) is 0 Å². The van der Waals surface area contributed by atoms with Crippen molar-refractivity contribution in [1.29, 1.82) is 0 Å². The molecule has 0 spiro atoms. The minimum absolute atomic E-state index is 0.398. The van der Waals surface area contributed by atoms with E-state index >= 15 is 0 Å². The summed E-state index contributed by atoms with van der Waals surface area (Å²) in [6.07, 6.45) is 3.53. The molecule has 1 aromatic carbocycles. The maximum absolute atomic E-state index is 4.86. The Balaban J connectivity index is 2.21. The molecule has 0 fully saturated rings. The lowest BCUT2D eigenvalue weighted by molar-refractivity contribution is 0.311. The second-order valence-corrected chi connectivity index (χ2v) is 6.60. The molecule has 0 aliphatic heterocycles. The van der Waals surface area contributed by atoms with E-state index in [1.54, 1.807) is 0 Å². The van der Waals surface area contributed by atoms with Crippen LogP contribution in [0.3, 0.4) is 0 Å². The number of benzene rings is 1. The molecule has 17 heavy (non-hydrogen) atoms. The second-order valence-electron chi connectivity index (χ2n) is 5.75. The molecule has 0 unspecified atom stereocenters. The molecule has 1 heterocycles. The van der Waals surface area contributed by atoms with Gasteiger partial charge in [-0.2, -0.15) is 0 Å². The Kier molecular flexibility index (Phi) is 2.51. The smallest absolute Gasteiger partial charge is 0.0847 e. The van der Waals surface area contributed by atoms with Gasteiger partial charge < -0.3 is 0 Å². The normalized spacial score (nSPS) is 18.1. The summed E-state index contributed by atoms with van der Waals surface area (Å²) in [4.78, 5) is 4.86. The molecule has 1 nitrogen and oxygen atoms in total. The second kappa shape index (κ2) is 3.81. The Morgan fingerprint density at radius 2 is 2.12 bits per heavy atom. The molecule has 0 saturated carbocycles. The van der Waals surface area contributed by atoms with Gasteiger partial charge in [-0.3, -0.25) is 4.98 Å². The van der Waals surface area contributed by atoms with Crippen LogP contribution in [0.5, 0.6) is 0 Å². The van der Waals surface area contributed by atoms with Gasteiger partial charge >= 0.3 is 0 Å². The fourth-order valence-corrected chi connectivity index (χ4v) is 3.10. The number of aromatic nitrogens is 1. The third-order valence-corrected chi connectivity index (χ3v) is 4.32. The minimum Gasteiger partial charge on any atom is -0.251 e. The molecular weight excluding hydrogens is 274 g/mol. The van der Waals surface area contributed by atoms with E-state index in [1.165, 1.54) is 23.1 Å². The average Bonchev–Trinajstić information content (AvgIpc) is 2.27. The molecule has 0 saturated heterocycles. The standard InChI is InChI=1S/C15H16BrN/c1-15(2)7-6-10-8-11-4-3-5-12(16)14(11)17-13(10)9-15/h3-5,8H,6-7,9H2,1-2H3. The lowest BCUT2D eigenvalue weighted by atomic mass is 9.76. The van der Waals surface area contributed by atoms with E-state index < -0.39 is 0 Å². The Morgan fingerprint density at radius 1 is 1.29 bits per heavy atom.